The number of aliphatic imine (C=N–C) groups is 1. The molecule has 3 rings (SSSR count). The SMILES string of the molecule is CCNC(=NCC1CCN(CCOC)CC1)NCCc1c[nH]c2ccc(F)cc12. The van der Waals surface area contributed by atoms with Gasteiger partial charge in [0, 0.05) is 50.4 Å². The van der Waals surface area contributed by atoms with E-state index in [2.05, 4.69) is 27.4 Å². The van der Waals surface area contributed by atoms with Crippen LogP contribution in [0.1, 0.15) is 25.3 Å². The summed E-state index contributed by atoms with van der Waals surface area (Å²) in [7, 11) is 1.76. The maximum atomic E-state index is 13.5. The Bertz CT molecular complexity index is 783. The van der Waals surface area contributed by atoms with Gasteiger partial charge in [-0.25, -0.2) is 4.39 Å². The molecule has 0 atom stereocenters. The Morgan fingerprint density at radius 3 is 2.90 bits per heavy atom. The molecule has 1 aliphatic heterocycles. The van der Waals surface area contributed by atoms with E-state index in [-0.39, 0.29) is 5.82 Å². The molecule has 0 saturated carbocycles. The van der Waals surface area contributed by atoms with Crippen molar-refractivity contribution in [3.63, 3.8) is 0 Å². The number of halogens is 1. The number of hydrogen-bond acceptors (Lipinski definition) is 3. The number of H-pyrrole nitrogens is 1. The number of ether oxygens (including phenoxy) is 1. The highest BCUT2D eigenvalue weighted by molar-refractivity contribution is 5.83. The molecule has 1 aromatic carbocycles. The van der Waals surface area contributed by atoms with Crippen LogP contribution in [0.15, 0.2) is 29.4 Å². The number of nitrogens with one attached hydrogen (secondary N) is 3. The van der Waals surface area contributed by atoms with Gasteiger partial charge in [0.1, 0.15) is 5.82 Å². The molecule has 1 saturated heterocycles. The number of likely N-dealkylation sites (tertiary alicyclic amines) is 1. The molecule has 0 amide bonds. The largest absolute Gasteiger partial charge is 0.383 e. The van der Waals surface area contributed by atoms with Crippen LogP contribution in [0.25, 0.3) is 10.9 Å². The molecule has 2 heterocycles. The minimum atomic E-state index is -0.200. The number of guanidine groups is 1. The monoisotopic (exact) mass is 403 g/mol. The Morgan fingerprint density at radius 1 is 1.31 bits per heavy atom. The first kappa shape index (κ1) is 21.6. The number of piperidine rings is 1. The van der Waals surface area contributed by atoms with Gasteiger partial charge in [-0.3, -0.25) is 4.99 Å². The van der Waals surface area contributed by atoms with Crippen LogP contribution in [0.4, 0.5) is 4.39 Å². The highest BCUT2D eigenvalue weighted by Gasteiger charge is 2.18. The van der Waals surface area contributed by atoms with Crippen LogP contribution >= 0.6 is 0 Å². The summed E-state index contributed by atoms with van der Waals surface area (Å²) in [6, 6.07) is 4.87. The predicted molar refractivity (Wildman–Crippen MR) is 117 cm³/mol. The fourth-order valence-electron chi connectivity index (χ4n) is 3.85. The lowest BCUT2D eigenvalue weighted by Crippen LogP contribution is -2.40. The average Bonchev–Trinajstić information content (AvgIpc) is 3.13. The summed E-state index contributed by atoms with van der Waals surface area (Å²) in [5.41, 5.74) is 2.09. The number of hydrogen-bond donors (Lipinski definition) is 3. The molecule has 0 aliphatic carbocycles. The van der Waals surface area contributed by atoms with E-state index in [1.54, 1.807) is 19.2 Å². The second kappa shape index (κ2) is 11.2. The van der Waals surface area contributed by atoms with Crippen LogP contribution in [0.3, 0.4) is 0 Å². The maximum Gasteiger partial charge on any atom is 0.191 e. The van der Waals surface area contributed by atoms with Gasteiger partial charge in [0.05, 0.1) is 6.61 Å². The summed E-state index contributed by atoms with van der Waals surface area (Å²) in [6.07, 6.45) is 5.15. The zero-order valence-electron chi connectivity index (χ0n) is 17.6. The summed E-state index contributed by atoms with van der Waals surface area (Å²) in [5.74, 6) is 1.30. The van der Waals surface area contributed by atoms with Crippen molar-refractivity contribution in [1.29, 1.82) is 0 Å². The quantitative estimate of drug-likeness (QED) is 0.445. The molecule has 29 heavy (non-hydrogen) atoms. The maximum absolute atomic E-state index is 13.5. The summed E-state index contributed by atoms with van der Waals surface area (Å²) in [4.78, 5) is 10.5. The third kappa shape index (κ3) is 6.44. The molecule has 1 aliphatic rings. The molecule has 160 valence electrons. The molecule has 0 radical (unpaired) electrons. The minimum Gasteiger partial charge on any atom is -0.383 e. The first-order chi connectivity index (χ1) is 14.2. The summed E-state index contributed by atoms with van der Waals surface area (Å²) in [5, 5.41) is 7.70. The Morgan fingerprint density at radius 2 is 2.14 bits per heavy atom. The van der Waals surface area contributed by atoms with Crippen LogP contribution in [0.2, 0.25) is 0 Å². The predicted octanol–water partition coefficient (Wildman–Crippen LogP) is 2.76. The van der Waals surface area contributed by atoms with E-state index in [9.17, 15) is 4.39 Å². The van der Waals surface area contributed by atoms with E-state index in [0.717, 1.165) is 74.7 Å². The van der Waals surface area contributed by atoms with E-state index in [0.29, 0.717) is 5.92 Å². The van der Waals surface area contributed by atoms with Gasteiger partial charge in [-0.05, 0) is 69.0 Å². The van der Waals surface area contributed by atoms with Crippen LogP contribution in [-0.4, -0.2) is 68.8 Å². The second-order valence-electron chi connectivity index (χ2n) is 7.68. The molecule has 0 unspecified atom stereocenters. The summed E-state index contributed by atoms with van der Waals surface area (Å²) >= 11 is 0. The molecule has 2 aromatic rings. The fourth-order valence-corrected chi connectivity index (χ4v) is 3.85. The summed E-state index contributed by atoms with van der Waals surface area (Å²) < 4.78 is 18.7. The Hall–Kier alpha value is -2.12. The lowest BCUT2D eigenvalue weighted by Gasteiger charge is -2.31. The highest BCUT2D eigenvalue weighted by Crippen LogP contribution is 2.20. The number of aromatic nitrogens is 1. The smallest absolute Gasteiger partial charge is 0.191 e. The second-order valence-corrected chi connectivity index (χ2v) is 7.68. The van der Waals surface area contributed by atoms with Crippen molar-refractivity contribution in [1.82, 2.24) is 20.5 Å². The van der Waals surface area contributed by atoms with Gasteiger partial charge in [-0.1, -0.05) is 0 Å². The molecular formula is C22H34FN5O. The van der Waals surface area contributed by atoms with E-state index in [1.165, 1.54) is 18.9 Å². The average molecular weight is 404 g/mol. The topological polar surface area (TPSA) is 64.7 Å². The molecule has 6 nitrogen and oxygen atoms in total. The molecule has 0 spiro atoms. The van der Waals surface area contributed by atoms with Gasteiger partial charge < -0.3 is 25.3 Å². The highest BCUT2D eigenvalue weighted by atomic mass is 19.1. The van der Waals surface area contributed by atoms with Crippen molar-refractivity contribution in [2.24, 2.45) is 10.9 Å². The minimum absolute atomic E-state index is 0.200. The van der Waals surface area contributed by atoms with E-state index in [4.69, 9.17) is 9.73 Å². The van der Waals surface area contributed by atoms with E-state index >= 15 is 0 Å². The summed E-state index contributed by atoms with van der Waals surface area (Å²) in [6.45, 7) is 8.61. The molecule has 0 bridgehead atoms. The molecule has 7 heteroatoms. The standard InChI is InChI=1S/C22H34FN5O/c1-3-24-22(27-15-17-7-10-28(11-8-17)12-13-29-2)25-9-6-18-16-26-21-5-4-19(23)14-20(18)21/h4-5,14,16-17,26H,3,6-13,15H2,1-2H3,(H2,24,25,27). The van der Waals surface area contributed by atoms with Crippen molar-refractivity contribution in [3.05, 3.63) is 35.8 Å². The number of benzene rings is 1. The van der Waals surface area contributed by atoms with Gasteiger partial charge in [0.15, 0.2) is 5.96 Å². The number of nitrogens with zero attached hydrogens (tertiary/aromatic N) is 2. The van der Waals surface area contributed by atoms with Gasteiger partial charge in [-0.15, -0.1) is 0 Å². The van der Waals surface area contributed by atoms with Crippen LogP contribution in [0, 0.1) is 11.7 Å². The first-order valence-corrected chi connectivity index (χ1v) is 10.7. The van der Waals surface area contributed by atoms with Gasteiger partial charge in [-0.2, -0.15) is 0 Å². The Labute approximate surface area is 172 Å². The molecule has 1 fully saturated rings. The number of rotatable bonds is 9. The fraction of sp³-hybridized carbons (Fsp3) is 0.591. The number of fused-ring (bicyclic) bond motifs is 1. The lowest BCUT2D eigenvalue weighted by atomic mass is 9.97. The zero-order chi connectivity index (χ0) is 20.5. The Kier molecular flexibility index (Phi) is 8.31. The van der Waals surface area contributed by atoms with Crippen molar-refractivity contribution in [2.75, 3.05) is 53.0 Å². The normalized spacial score (nSPS) is 16.4. The van der Waals surface area contributed by atoms with Crippen molar-refractivity contribution >= 4 is 16.9 Å². The van der Waals surface area contributed by atoms with E-state index < -0.39 is 0 Å². The van der Waals surface area contributed by atoms with Crippen molar-refractivity contribution < 1.29 is 9.13 Å². The van der Waals surface area contributed by atoms with Gasteiger partial charge in [0.2, 0.25) is 0 Å². The Balaban J connectivity index is 1.46. The van der Waals surface area contributed by atoms with Crippen molar-refractivity contribution in [3.8, 4) is 0 Å². The number of aromatic amines is 1. The van der Waals surface area contributed by atoms with Crippen molar-refractivity contribution in [2.45, 2.75) is 26.2 Å². The van der Waals surface area contributed by atoms with Gasteiger partial charge >= 0.3 is 0 Å². The molecule has 3 N–H and O–H groups in total. The molecule has 1 aromatic heterocycles. The van der Waals surface area contributed by atoms with Gasteiger partial charge in [0.25, 0.3) is 0 Å². The molecular weight excluding hydrogens is 369 g/mol. The third-order valence-corrected chi connectivity index (χ3v) is 5.59. The lowest BCUT2D eigenvalue weighted by molar-refractivity contribution is 0.121. The zero-order valence-corrected chi connectivity index (χ0v) is 17.6. The third-order valence-electron chi connectivity index (χ3n) is 5.59. The van der Waals surface area contributed by atoms with E-state index in [1.807, 2.05) is 6.20 Å². The van der Waals surface area contributed by atoms with Crippen LogP contribution in [-0.2, 0) is 11.2 Å². The van der Waals surface area contributed by atoms with Crippen LogP contribution < -0.4 is 10.6 Å². The number of methoxy groups -OCH3 is 1. The first-order valence-electron chi connectivity index (χ1n) is 10.7. The van der Waals surface area contributed by atoms with Crippen LogP contribution in [0.5, 0.6) is 0 Å².